The number of nitrogens with zero attached hydrogens (tertiary/aromatic N) is 2. The van der Waals surface area contributed by atoms with Crippen molar-refractivity contribution in [3.63, 3.8) is 0 Å². The van der Waals surface area contributed by atoms with E-state index in [4.69, 9.17) is 28.9 Å². The number of carbonyl (C=O) groups is 3. The first-order valence-electron chi connectivity index (χ1n) is 7.99. The van der Waals surface area contributed by atoms with Gasteiger partial charge in [-0.3, -0.25) is 9.59 Å². The third-order valence-electron chi connectivity index (χ3n) is 4.40. The molecule has 1 unspecified atom stereocenters. The van der Waals surface area contributed by atoms with E-state index in [-0.39, 0.29) is 42.2 Å². The largest absolute Gasteiger partial charge is 0.341 e. The minimum Gasteiger partial charge on any atom is -0.341 e. The fourth-order valence-electron chi connectivity index (χ4n) is 3.04. The van der Waals surface area contributed by atoms with Crippen molar-refractivity contribution in [2.24, 2.45) is 5.73 Å². The fourth-order valence-corrected chi connectivity index (χ4v) is 3.33. The number of urea groups is 1. The Bertz CT molecular complexity index is 731. The van der Waals surface area contributed by atoms with Crippen LogP contribution in [-0.4, -0.2) is 47.9 Å². The molecule has 0 aliphatic carbocycles. The molecule has 0 radical (unpaired) electrons. The van der Waals surface area contributed by atoms with Crippen molar-refractivity contribution in [1.82, 2.24) is 10.2 Å². The van der Waals surface area contributed by atoms with Gasteiger partial charge in [-0.1, -0.05) is 23.2 Å². The van der Waals surface area contributed by atoms with Crippen LogP contribution in [0, 0.1) is 0 Å². The van der Waals surface area contributed by atoms with Gasteiger partial charge in [0.1, 0.15) is 6.04 Å². The lowest BCUT2D eigenvalue weighted by atomic mass is 10.1. The van der Waals surface area contributed by atoms with Crippen LogP contribution >= 0.6 is 35.6 Å². The van der Waals surface area contributed by atoms with Crippen molar-refractivity contribution < 1.29 is 14.4 Å². The van der Waals surface area contributed by atoms with E-state index in [1.54, 1.807) is 11.0 Å². The lowest BCUT2D eigenvalue weighted by Gasteiger charge is -2.17. The molecule has 3 N–H and O–H groups in total. The molecular weight excluding hydrogens is 403 g/mol. The van der Waals surface area contributed by atoms with Gasteiger partial charge in [0, 0.05) is 25.6 Å². The molecule has 2 atom stereocenters. The number of nitrogens with two attached hydrogens (primary N) is 1. The van der Waals surface area contributed by atoms with Crippen molar-refractivity contribution in [2.75, 3.05) is 18.0 Å². The number of hydrogen-bond acceptors (Lipinski definition) is 4. The Balaban J connectivity index is 0.00000243. The first kappa shape index (κ1) is 20.8. The Morgan fingerprint density at radius 3 is 2.62 bits per heavy atom. The summed E-state index contributed by atoms with van der Waals surface area (Å²) in [7, 11) is 0. The monoisotopic (exact) mass is 420 g/mol. The minimum absolute atomic E-state index is 0. The van der Waals surface area contributed by atoms with Gasteiger partial charge in [-0.2, -0.15) is 0 Å². The van der Waals surface area contributed by atoms with Gasteiger partial charge in [-0.15, -0.1) is 12.4 Å². The van der Waals surface area contributed by atoms with Crippen molar-refractivity contribution >= 4 is 59.1 Å². The Morgan fingerprint density at radius 1 is 1.27 bits per heavy atom. The molecule has 4 amide bonds. The summed E-state index contributed by atoms with van der Waals surface area (Å²) in [6.07, 6.45) is 1.21. The molecule has 0 spiro atoms. The number of anilines is 1. The van der Waals surface area contributed by atoms with Crippen LogP contribution in [0.4, 0.5) is 10.5 Å². The van der Waals surface area contributed by atoms with Gasteiger partial charge in [0.2, 0.25) is 5.91 Å². The second-order valence-electron chi connectivity index (χ2n) is 6.20. The summed E-state index contributed by atoms with van der Waals surface area (Å²) in [4.78, 5) is 39.5. The fraction of sp³-hybridized carbons (Fsp3) is 0.438. The number of hydrogen-bond donors (Lipinski definition) is 2. The number of imide groups is 1. The molecule has 2 aliphatic heterocycles. The zero-order chi connectivity index (χ0) is 18.1. The van der Waals surface area contributed by atoms with Crippen LogP contribution in [0.5, 0.6) is 0 Å². The van der Waals surface area contributed by atoms with Gasteiger partial charge in [-0.05, 0) is 31.0 Å². The molecule has 0 aromatic heterocycles. The normalized spacial score (nSPS) is 22.4. The summed E-state index contributed by atoms with van der Waals surface area (Å²) in [6, 6.07) is 3.27. The first-order chi connectivity index (χ1) is 11.9. The highest BCUT2D eigenvalue weighted by Gasteiger charge is 2.39. The van der Waals surface area contributed by atoms with Gasteiger partial charge in [0.05, 0.1) is 15.7 Å². The Kier molecular flexibility index (Phi) is 6.74. The standard InChI is InChI=1S/C16H18Cl2N4O3.ClH/c17-11-2-1-10(7-12(11)18)22-15(24)13(20-16(22)25)3-4-14(23)21-6-5-9(19)8-21;/h1-2,7,9,13H,3-6,8,19H2,(H,20,25);1H/t9-,13?;/m1./s1. The maximum atomic E-state index is 12.5. The van der Waals surface area contributed by atoms with E-state index < -0.39 is 18.0 Å². The number of benzene rings is 1. The van der Waals surface area contributed by atoms with Crippen molar-refractivity contribution in [3.8, 4) is 0 Å². The summed E-state index contributed by atoms with van der Waals surface area (Å²) in [6.45, 7) is 1.18. The second kappa shape index (κ2) is 8.43. The predicted molar refractivity (Wildman–Crippen MR) is 102 cm³/mol. The van der Waals surface area contributed by atoms with Crippen LogP contribution in [0.2, 0.25) is 10.0 Å². The van der Waals surface area contributed by atoms with Crippen LogP contribution in [0.25, 0.3) is 0 Å². The van der Waals surface area contributed by atoms with Crippen LogP contribution in [-0.2, 0) is 9.59 Å². The van der Waals surface area contributed by atoms with Gasteiger partial charge < -0.3 is 16.0 Å². The molecule has 0 saturated carbocycles. The summed E-state index contributed by atoms with van der Waals surface area (Å²) in [5, 5.41) is 3.20. The number of halogens is 3. The number of carbonyl (C=O) groups excluding carboxylic acids is 3. The van der Waals surface area contributed by atoms with Crippen molar-refractivity contribution in [3.05, 3.63) is 28.2 Å². The molecule has 2 saturated heterocycles. The average Bonchev–Trinajstić information content (AvgIpc) is 3.12. The van der Waals surface area contributed by atoms with E-state index in [1.165, 1.54) is 12.1 Å². The van der Waals surface area contributed by atoms with Gasteiger partial charge >= 0.3 is 6.03 Å². The van der Waals surface area contributed by atoms with Gasteiger partial charge in [0.25, 0.3) is 5.91 Å². The molecule has 2 aliphatic rings. The van der Waals surface area contributed by atoms with Crippen LogP contribution in [0.3, 0.4) is 0 Å². The average molecular weight is 422 g/mol. The maximum Gasteiger partial charge on any atom is 0.329 e. The quantitative estimate of drug-likeness (QED) is 0.728. The third-order valence-corrected chi connectivity index (χ3v) is 5.14. The molecule has 7 nitrogen and oxygen atoms in total. The lowest BCUT2D eigenvalue weighted by molar-refractivity contribution is -0.130. The SMILES string of the molecule is Cl.N[C@@H]1CCN(C(=O)CCC2NC(=O)N(c3ccc(Cl)c(Cl)c3)C2=O)C1. The summed E-state index contributed by atoms with van der Waals surface area (Å²) in [5.41, 5.74) is 6.14. The van der Waals surface area contributed by atoms with Crippen LogP contribution < -0.4 is 16.0 Å². The minimum atomic E-state index is -0.734. The number of likely N-dealkylation sites (tertiary alicyclic amines) is 1. The van der Waals surface area contributed by atoms with Crippen molar-refractivity contribution in [1.29, 1.82) is 0 Å². The molecule has 0 bridgehead atoms. The number of nitrogens with one attached hydrogen (secondary N) is 1. The van der Waals surface area contributed by atoms with E-state index >= 15 is 0 Å². The highest BCUT2D eigenvalue weighted by Crippen LogP contribution is 2.29. The van der Waals surface area contributed by atoms with E-state index in [2.05, 4.69) is 5.32 Å². The van der Waals surface area contributed by atoms with E-state index in [0.29, 0.717) is 23.8 Å². The molecule has 1 aromatic rings. The topological polar surface area (TPSA) is 95.7 Å². The lowest BCUT2D eigenvalue weighted by Crippen LogP contribution is -2.35. The predicted octanol–water partition coefficient (Wildman–Crippen LogP) is 2.18. The smallest absolute Gasteiger partial charge is 0.329 e. The maximum absolute atomic E-state index is 12.5. The van der Waals surface area contributed by atoms with E-state index in [1.807, 2.05) is 0 Å². The van der Waals surface area contributed by atoms with Crippen LogP contribution in [0.15, 0.2) is 18.2 Å². The zero-order valence-corrected chi connectivity index (χ0v) is 16.1. The van der Waals surface area contributed by atoms with Gasteiger partial charge in [0.15, 0.2) is 0 Å². The van der Waals surface area contributed by atoms with Crippen LogP contribution in [0.1, 0.15) is 19.3 Å². The molecule has 26 heavy (non-hydrogen) atoms. The van der Waals surface area contributed by atoms with Crippen molar-refractivity contribution in [2.45, 2.75) is 31.3 Å². The first-order valence-corrected chi connectivity index (χ1v) is 8.75. The number of amides is 4. The van der Waals surface area contributed by atoms with E-state index in [9.17, 15) is 14.4 Å². The molecule has 10 heteroatoms. The molecule has 1 aromatic carbocycles. The zero-order valence-electron chi connectivity index (χ0n) is 13.8. The molecular formula is C16H19Cl3N4O3. The summed E-state index contributed by atoms with van der Waals surface area (Å²) >= 11 is 11.8. The molecule has 3 rings (SSSR count). The molecule has 142 valence electrons. The summed E-state index contributed by atoms with van der Waals surface area (Å²) < 4.78 is 0. The Labute approximate surface area is 167 Å². The molecule has 2 heterocycles. The second-order valence-corrected chi connectivity index (χ2v) is 7.02. The van der Waals surface area contributed by atoms with E-state index in [0.717, 1.165) is 11.3 Å². The molecule has 2 fully saturated rings. The summed E-state index contributed by atoms with van der Waals surface area (Å²) in [5.74, 6) is -0.461. The van der Waals surface area contributed by atoms with Gasteiger partial charge in [-0.25, -0.2) is 9.69 Å². The highest BCUT2D eigenvalue weighted by atomic mass is 35.5. The third kappa shape index (κ3) is 4.23. The Hall–Kier alpha value is -1.54. The number of rotatable bonds is 4. The highest BCUT2D eigenvalue weighted by molar-refractivity contribution is 6.42. The Morgan fingerprint density at radius 2 is 2.00 bits per heavy atom.